The van der Waals surface area contributed by atoms with Crippen molar-refractivity contribution in [2.45, 2.75) is 19.4 Å². The van der Waals surface area contributed by atoms with Gasteiger partial charge in [0, 0.05) is 11.3 Å². The van der Waals surface area contributed by atoms with E-state index in [0.717, 1.165) is 12.1 Å². The SMILES string of the molecule is CC1(C)c2ccc(N)cc2N1C=O. The van der Waals surface area contributed by atoms with Gasteiger partial charge in [-0.25, -0.2) is 0 Å². The number of amides is 1. The van der Waals surface area contributed by atoms with Gasteiger partial charge in [-0.2, -0.15) is 0 Å². The van der Waals surface area contributed by atoms with Crippen molar-refractivity contribution in [2.24, 2.45) is 0 Å². The average Bonchev–Trinajstić information content (AvgIpc) is 2.04. The lowest BCUT2D eigenvalue weighted by molar-refractivity contribution is -0.108. The van der Waals surface area contributed by atoms with E-state index in [4.69, 9.17) is 5.73 Å². The van der Waals surface area contributed by atoms with Crippen LogP contribution >= 0.6 is 0 Å². The second-order valence-electron chi connectivity index (χ2n) is 3.81. The molecule has 0 unspecified atom stereocenters. The number of hydrogen-bond donors (Lipinski definition) is 1. The summed E-state index contributed by atoms with van der Waals surface area (Å²) in [5.41, 5.74) is 8.25. The van der Waals surface area contributed by atoms with Crippen molar-refractivity contribution in [1.82, 2.24) is 0 Å². The monoisotopic (exact) mass is 176 g/mol. The van der Waals surface area contributed by atoms with E-state index >= 15 is 0 Å². The van der Waals surface area contributed by atoms with E-state index in [2.05, 4.69) is 0 Å². The van der Waals surface area contributed by atoms with Gasteiger partial charge in [-0.15, -0.1) is 0 Å². The number of hydrogen-bond acceptors (Lipinski definition) is 2. The van der Waals surface area contributed by atoms with E-state index in [1.807, 2.05) is 32.0 Å². The maximum absolute atomic E-state index is 10.8. The Morgan fingerprint density at radius 2 is 2.15 bits per heavy atom. The van der Waals surface area contributed by atoms with Gasteiger partial charge in [0.15, 0.2) is 0 Å². The van der Waals surface area contributed by atoms with Gasteiger partial charge in [0.1, 0.15) is 0 Å². The molecular weight excluding hydrogens is 164 g/mol. The summed E-state index contributed by atoms with van der Waals surface area (Å²) in [6.07, 6.45) is 0.849. The van der Waals surface area contributed by atoms with Gasteiger partial charge in [0.05, 0.1) is 11.2 Å². The van der Waals surface area contributed by atoms with Crippen molar-refractivity contribution in [2.75, 3.05) is 10.6 Å². The van der Waals surface area contributed by atoms with Gasteiger partial charge in [0.2, 0.25) is 6.41 Å². The molecule has 1 aliphatic heterocycles. The van der Waals surface area contributed by atoms with Crippen molar-refractivity contribution < 1.29 is 4.79 Å². The zero-order valence-corrected chi connectivity index (χ0v) is 7.74. The number of anilines is 2. The fourth-order valence-corrected chi connectivity index (χ4v) is 1.83. The predicted octanol–water partition coefficient (Wildman–Crippen LogP) is 1.48. The lowest BCUT2D eigenvalue weighted by Crippen LogP contribution is -2.50. The molecule has 68 valence electrons. The molecule has 1 aromatic rings. The standard InChI is InChI=1S/C10H12N2O/c1-10(2)8-4-3-7(11)5-9(8)12(10)6-13/h3-6H,11H2,1-2H3. The zero-order valence-electron chi connectivity index (χ0n) is 7.74. The molecule has 0 aliphatic carbocycles. The molecule has 3 heteroatoms. The molecule has 1 aromatic carbocycles. The summed E-state index contributed by atoms with van der Waals surface area (Å²) < 4.78 is 0. The summed E-state index contributed by atoms with van der Waals surface area (Å²) in [5.74, 6) is 0. The molecule has 1 aliphatic rings. The number of fused-ring (bicyclic) bond motifs is 1. The highest BCUT2D eigenvalue weighted by molar-refractivity contribution is 5.88. The van der Waals surface area contributed by atoms with Crippen LogP contribution in [0.1, 0.15) is 19.4 Å². The summed E-state index contributed by atoms with van der Waals surface area (Å²) in [4.78, 5) is 12.5. The Balaban J connectivity index is 2.56. The topological polar surface area (TPSA) is 46.3 Å². The molecule has 0 radical (unpaired) electrons. The number of nitrogens with zero attached hydrogens (tertiary/aromatic N) is 1. The highest BCUT2D eigenvalue weighted by Crippen LogP contribution is 2.46. The van der Waals surface area contributed by atoms with Crippen molar-refractivity contribution in [3.8, 4) is 0 Å². The summed E-state index contributed by atoms with van der Waals surface area (Å²) in [5, 5.41) is 0. The van der Waals surface area contributed by atoms with Gasteiger partial charge < -0.3 is 10.6 Å². The quantitative estimate of drug-likeness (QED) is 0.520. The van der Waals surface area contributed by atoms with Gasteiger partial charge in [-0.1, -0.05) is 6.07 Å². The number of nitrogen functional groups attached to an aromatic ring is 1. The van der Waals surface area contributed by atoms with Crippen LogP contribution in [0.3, 0.4) is 0 Å². The zero-order chi connectivity index (χ0) is 9.64. The number of carbonyl (C=O) groups is 1. The molecular formula is C10H12N2O. The molecule has 0 bridgehead atoms. The Hall–Kier alpha value is -1.51. The van der Waals surface area contributed by atoms with Gasteiger partial charge in [-0.05, 0) is 26.0 Å². The van der Waals surface area contributed by atoms with Crippen molar-refractivity contribution in [3.63, 3.8) is 0 Å². The number of rotatable bonds is 1. The highest BCUT2D eigenvalue weighted by atomic mass is 16.1. The van der Waals surface area contributed by atoms with Crippen LogP contribution in [0, 0.1) is 0 Å². The molecule has 1 heterocycles. The summed E-state index contributed by atoms with van der Waals surface area (Å²) >= 11 is 0. The first-order valence-corrected chi connectivity index (χ1v) is 4.22. The van der Waals surface area contributed by atoms with Gasteiger partial charge >= 0.3 is 0 Å². The van der Waals surface area contributed by atoms with Crippen LogP contribution in [0.25, 0.3) is 0 Å². The molecule has 0 spiro atoms. The molecule has 2 N–H and O–H groups in total. The average molecular weight is 176 g/mol. The first kappa shape index (κ1) is 8.10. The Bertz CT molecular complexity index is 371. The molecule has 0 aromatic heterocycles. The third-order valence-electron chi connectivity index (χ3n) is 2.65. The van der Waals surface area contributed by atoms with Crippen molar-refractivity contribution in [1.29, 1.82) is 0 Å². The van der Waals surface area contributed by atoms with E-state index in [1.54, 1.807) is 4.90 Å². The number of carbonyl (C=O) groups excluding carboxylic acids is 1. The lowest BCUT2D eigenvalue weighted by atomic mass is 9.82. The first-order valence-electron chi connectivity index (χ1n) is 4.22. The van der Waals surface area contributed by atoms with E-state index < -0.39 is 0 Å². The molecule has 0 fully saturated rings. The smallest absolute Gasteiger partial charge is 0.214 e. The number of nitrogens with two attached hydrogens (primary N) is 1. The minimum absolute atomic E-state index is 0.176. The summed E-state index contributed by atoms with van der Waals surface area (Å²) in [7, 11) is 0. The molecule has 2 rings (SSSR count). The Morgan fingerprint density at radius 3 is 2.77 bits per heavy atom. The van der Waals surface area contributed by atoms with E-state index in [1.165, 1.54) is 5.56 Å². The second kappa shape index (κ2) is 2.25. The Kier molecular flexibility index (Phi) is 1.40. The van der Waals surface area contributed by atoms with E-state index in [-0.39, 0.29) is 5.54 Å². The van der Waals surface area contributed by atoms with Gasteiger partial charge in [0.25, 0.3) is 0 Å². The Morgan fingerprint density at radius 1 is 1.46 bits per heavy atom. The normalized spacial score (nSPS) is 17.5. The predicted molar refractivity (Wildman–Crippen MR) is 52.4 cm³/mol. The molecule has 0 saturated carbocycles. The first-order chi connectivity index (χ1) is 6.07. The van der Waals surface area contributed by atoms with E-state index in [0.29, 0.717) is 5.69 Å². The van der Waals surface area contributed by atoms with Crippen LogP contribution in [0.15, 0.2) is 18.2 Å². The molecule has 1 amide bonds. The third kappa shape index (κ3) is 0.869. The van der Waals surface area contributed by atoms with Crippen LogP contribution in [0.5, 0.6) is 0 Å². The summed E-state index contributed by atoms with van der Waals surface area (Å²) in [6, 6.07) is 5.67. The molecule has 13 heavy (non-hydrogen) atoms. The second-order valence-corrected chi connectivity index (χ2v) is 3.81. The minimum Gasteiger partial charge on any atom is -0.399 e. The molecule has 3 nitrogen and oxygen atoms in total. The fourth-order valence-electron chi connectivity index (χ4n) is 1.83. The van der Waals surface area contributed by atoms with Crippen LogP contribution in [-0.4, -0.2) is 6.41 Å². The van der Waals surface area contributed by atoms with Crippen LogP contribution in [0.2, 0.25) is 0 Å². The molecule has 0 atom stereocenters. The Labute approximate surface area is 77.1 Å². The largest absolute Gasteiger partial charge is 0.399 e. The van der Waals surface area contributed by atoms with Crippen LogP contribution in [0.4, 0.5) is 11.4 Å². The van der Waals surface area contributed by atoms with Crippen molar-refractivity contribution >= 4 is 17.8 Å². The summed E-state index contributed by atoms with van der Waals surface area (Å²) in [6.45, 7) is 4.03. The number of benzene rings is 1. The van der Waals surface area contributed by atoms with E-state index in [9.17, 15) is 4.79 Å². The van der Waals surface area contributed by atoms with Crippen molar-refractivity contribution in [3.05, 3.63) is 23.8 Å². The fraction of sp³-hybridized carbons (Fsp3) is 0.300. The van der Waals surface area contributed by atoms with Gasteiger partial charge in [-0.3, -0.25) is 4.79 Å². The highest BCUT2D eigenvalue weighted by Gasteiger charge is 2.41. The van der Waals surface area contributed by atoms with Crippen LogP contribution < -0.4 is 10.6 Å². The molecule has 0 saturated heterocycles. The maximum Gasteiger partial charge on any atom is 0.214 e. The third-order valence-corrected chi connectivity index (χ3v) is 2.65. The van der Waals surface area contributed by atoms with Crippen LogP contribution in [-0.2, 0) is 10.3 Å². The maximum atomic E-state index is 10.8. The minimum atomic E-state index is -0.176. The lowest BCUT2D eigenvalue weighted by Gasteiger charge is -2.47.